The van der Waals surface area contributed by atoms with E-state index in [1.807, 2.05) is 71.8 Å². The van der Waals surface area contributed by atoms with Crippen LogP contribution in [0.3, 0.4) is 0 Å². The fourth-order valence-corrected chi connectivity index (χ4v) is 7.23. The number of ketones is 2. The number of ether oxygens (including phenoxy) is 1. The Morgan fingerprint density at radius 3 is 2.44 bits per heavy atom. The van der Waals surface area contributed by atoms with Crippen molar-refractivity contribution >= 4 is 40.8 Å². The highest BCUT2D eigenvalue weighted by Gasteiger charge is 2.70. The highest BCUT2D eigenvalue weighted by molar-refractivity contribution is 6.34. The van der Waals surface area contributed by atoms with E-state index in [9.17, 15) is 14.4 Å². The predicted octanol–water partition coefficient (Wildman–Crippen LogP) is 6.22. The minimum absolute atomic E-state index is 0.132. The summed E-state index contributed by atoms with van der Waals surface area (Å²) in [4.78, 5) is 45.9. The van der Waals surface area contributed by atoms with Crippen LogP contribution in [0.1, 0.15) is 43.4 Å². The molecule has 210 valence electrons. The molecule has 4 aromatic rings. The minimum atomic E-state index is -1.44. The van der Waals surface area contributed by atoms with E-state index in [1.54, 1.807) is 48.5 Å². The maximum Gasteiger partial charge on any atom is 0.238 e. The van der Waals surface area contributed by atoms with E-state index in [2.05, 4.69) is 5.32 Å². The zero-order valence-corrected chi connectivity index (χ0v) is 23.5. The van der Waals surface area contributed by atoms with Crippen molar-refractivity contribution in [3.8, 4) is 11.8 Å². The van der Waals surface area contributed by atoms with Crippen LogP contribution in [0.5, 0.6) is 5.75 Å². The van der Waals surface area contributed by atoms with Crippen LogP contribution in [0.2, 0.25) is 5.02 Å². The standard InChI is InChI=1S/C35H24ClN3O4/c36-27-11-5-3-9-25(27)32(41)30-29(31(40)22-13-15-23(16-14-22)43-20-18-37)35(26-10-4-6-12-28(26)38-34(35)42)33-24-8-2-1-7-21(24)17-19-39(30)33/h1-17,19,29-30,33H,20H2,(H,38,42)/t29-,30+,33-,35+/m0/s1. The second kappa shape index (κ2) is 10.3. The third kappa shape index (κ3) is 3.91. The summed E-state index contributed by atoms with van der Waals surface area (Å²) in [5.74, 6) is -1.73. The van der Waals surface area contributed by atoms with Gasteiger partial charge in [0.2, 0.25) is 5.91 Å². The van der Waals surface area contributed by atoms with Gasteiger partial charge in [-0.25, -0.2) is 0 Å². The van der Waals surface area contributed by atoms with Crippen molar-refractivity contribution in [3.05, 3.63) is 136 Å². The molecule has 1 amide bonds. The Kier molecular flexibility index (Phi) is 6.37. The third-order valence-electron chi connectivity index (χ3n) is 8.70. The summed E-state index contributed by atoms with van der Waals surface area (Å²) in [6.07, 6.45) is 3.74. The summed E-state index contributed by atoms with van der Waals surface area (Å²) < 4.78 is 5.40. The van der Waals surface area contributed by atoms with E-state index in [0.29, 0.717) is 22.6 Å². The summed E-state index contributed by atoms with van der Waals surface area (Å²) >= 11 is 6.56. The van der Waals surface area contributed by atoms with Gasteiger partial charge in [-0.2, -0.15) is 5.26 Å². The van der Waals surface area contributed by atoms with Crippen LogP contribution < -0.4 is 10.1 Å². The maximum absolute atomic E-state index is 14.9. The largest absolute Gasteiger partial charge is 0.479 e. The first-order valence-electron chi connectivity index (χ1n) is 13.8. The number of carbonyl (C=O) groups excluding carboxylic acids is 3. The molecule has 1 saturated heterocycles. The SMILES string of the molecule is N#CCOc1ccc(C(=O)[C@@H]2[C@H](C(=O)c3ccccc3Cl)N3C=Cc4ccccc4[C@H]3[C@]23C(=O)Nc2ccccc23)cc1. The number of nitrogens with one attached hydrogen (secondary N) is 1. The molecule has 1 N–H and O–H groups in total. The number of carbonyl (C=O) groups is 3. The van der Waals surface area contributed by atoms with Crippen LogP contribution >= 0.6 is 11.6 Å². The molecule has 7 nitrogen and oxygen atoms in total. The summed E-state index contributed by atoms with van der Waals surface area (Å²) in [5, 5.41) is 12.2. The van der Waals surface area contributed by atoms with Gasteiger partial charge in [-0.3, -0.25) is 14.4 Å². The van der Waals surface area contributed by atoms with Crippen LogP contribution in [0.25, 0.3) is 6.08 Å². The molecule has 3 aliphatic heterocycles. The number of fused-ring (bicyclic) bond motifs is 6. The average molecular weight is 586 g/mol. The number of anilines is 1. The van der Waals surface area contributed by atoms with Gasteiger partial charge in [-0.05, 0) is 65.2 Å². The Balaban J connectivity index is 1.49. The molecule has 4 atom stereocenters. The highest BCUT2D eigenvalue weighted by atomic mass is 35.5. The molecular weight excluding hydrogens is 562 g/mol. The molecule has 0 aromatic heterocycles. The van der Waals surface area contributed by atoms with Crippen molar-refractivity contribution in [1.82, 2.24) is 4.90 Å². The lowest BCUT2D eigenvalue weighted by molar-refractivity contribution is -0.122. The van der Waals surface area contributed by atoms with E-state index in [1.165, 1.54) is 0 Å². The topological polar surface area (TPSA) is 99.5 Å². The second-order valence-electron chi connectivity index (χ2n) is 10.8. The Bertz CT molecular complexity index is 1880. The first kappa shape index (κ1) is 26.7. The summed E-state index contributed by atoms with van der Waals surface area (Å²) in [6.45, 7) is -0.132. The molecule has 3 heterocycles. The van der Waals surface area contributed by atoms with Crippen LogP contribution in [0, 0.1) is 17.2 Å². The van der Waals surface area contributed by atoms with Gasteiger partial charge in [0.25, 0.3) is 0 Å². The number of rotatable bonds is 6. The van der Waals surface area contributed by atoms with Crippen molar-refractivity contribution in [2.75, 3.05) is 11.9 Å². The fourth-order valence-electron chi connectivity index (χ4n) is 7.00. The van der Waals surface area contributed by atoms with Crippen LogP contribution in [0.15, 0.2) is 103 Å². The summed E-state index contributed by atoms with van der Waals surface area (Å²) in [6, 6.07) is 28.6. The summed E-state index contributed by atoms with van der Waals surface area (Å²) in [5.41, 5.74) is 2.21. The molecule has 43 heavy (non-hydrogen) atoms. The predicted molar refractivity (Wildman–Crippen MR) is 162 cm³/mol. The third-order valence-corrected chi connectivity index (χ3v) is 9.03. The van der Waals surface area contributed by atoms with Gasteiger partial charge in [0.15, 0.2) is 18.2 Å². The number of halogens is 1. The molecule has 0 radical (unpaired) electrons. The number of hydrogen-bond donors (Lipinski definition) is 1. The number of benzene rings is 4. The quantitative estimate of drug-likeness (QED) is 0.270. The smallest absolute Gasteiger partial charge is 0.238 e. The van der Waals surface area contributed by atoms with Crippen molar-refractivity contribution < 1.29 is 19.1 Å². The Hall–Kier alpha value is -5.19. The van der Waals surface area contributed by atoms with E-state index < -0.39 is 23.4 Å². The Labute approximate surface area is 253 Å². The lowest BCUT2D eigenvalue weighted by Gasteiger charge is -2.38. The number of nitriles is 1. The zero-order valence-electron chi connectivity index (χ0n) is 22.7. The van der Waals surface area contributed by atoms with Crippen molar-refractivity contribution in [1.29, 1.82) is 5.26 Å². The second-order valence-corrected chi connectivity index (χ2v) is 11.2. The fraction of sp³-hybridized carbons (Fsp3) is 0.143. The van der Waals surface area contributed by atoms with Gasteiger partial charge in [-0.15, -0.1) is 0 Å². The van der Waals surface area contributed by atoms with Gasteiger partial charge < -0.3 is 15.0 Å². The average Bonchev–Trinajstić information content (AvgIpc) is 3.52. The molecule has 1 spiro atoms. The van der Waals surface area contributed by atoms with Gasteiger partial charge in [0.05, 0.1) is 17.0 Å². The van der Waals surface area contributed by atoms with Gasteiger partial charge in [-0.1, -0.05) is 66.2 Å². The monoisotopic (exact) mass is 585 g/mol. The lowest BCUT2D eigenvalue weighted by atomic mass is 9.62. The van der Waals surface area contributed by atoms with Crippen LogP contribution in [-0.2, 0) is 10.2 Å². The van der Waals surface area contributed by atoms with Crippen LogP contribution in [0.4, 0.5) is 5.69 Å². The molecule has 1 fully saturated rings. The van der Waals surface area contributed by atoms with E-state index in [4.69, 9.17) is 21.6 Å². The van der Waals surface area contributed by atoms with E-state index in [-0.39, 0.29) is 34.7 Å². The lowest BCUT2D eigenvalue weighted by Crippen LogP contribution is -2.49. The molecule has 0 unspecified atom stereocenters. The molecule has 0 aliphatic carbocycles. The number of Topliss-reactive ketones (excluding diaryl/α,β-unsaturated/α-hetero) is 2. The van der Waals surface area contributed by atoms with Crippen LogP contribution in [-0.4, -0.2) is 35.0 Å². The summed E-state index contributed by atoms with van der Waals surface area (Å²) in [7, 11) is 0. The first-order chi connectivity index (χ1) is 21.0. The highest BCUT2D eigenvalue weighted by Crippen LogP contribution is 2.62. The Morgan fingerprint density at radius 2 is 1.65 bits per heavy atom. The normalized spacial score (nSPS) is 22.7. The zero-order chi connectivity index (χ0) is 29.7. The molecule has 3 aliphatic rings. The van der Waals surface area contributed by atoms with Gasteiger partial charge >= 0.3 is 0 Å². The van der Waals surface area contributed by atoms with E-state index >= 15 is 0 Å². The molecule has 8 heteroatoms. The number of para-hydroxylation sites is 1. The number of nitrogens with zero attached hydrogens (tertiary/aromatic N) is 2. The van der Waals surface area contributed by atoms with Gasteiger partial charge in [0, 0.05) is 23.0 Å². The number of hydrogen-bond acceptors (Lipinski definition) is 6. The van der Waals surface area contributed by atoms with Gasteiger partial charge in [0.1, 0.15) is 23.3 Å². The molecular formula is C35H24ClN3O4. The molecule has 7 rings (SSSR count). The number of amides is 1. The molecule has 4 aromatic carbocycles. The first-order valence-corrected chi connectivity index (χ1v) is 14.2. The molecule has 0 saturated carbocycles. The minimum Gasteiger partial charge on any atom is -0.479 e. The maximum atomic E-state index is 14.9. The van der Waals surface area contributed by atoms with E-state index in [0.717, 1.165) is 11.1 Å². The van der Waals surface area contributed by atoms with Crippen molar-refractivity contribution in [2.45, 2.75) is 17.5 Å². The Morgan fingerprint density at radius 1 is 0.930 bits per heavy atom. The van der Waals surface area contributed by atoms with Crippen molar-refractivity contribution in [3.63, 3.8) is 0 Å². The molecule has 0 bridgehead atoms. The van der Waals surface area contributed by atoms with Crippen molar-refractivity contribution in [2.24, 2.45) is 5.92 Å².